The van der Waals surface area contributed by atoms with Gasteiger partial charge in [-0.3, -0.25) is 0 Å². The molecule has 0 aromatic rings. The smallest absolute Gasteiger partial charge is 0.190 e. The summed E-state index contributed by atoms with van der Waals surface area (Å²) >= 11 is 0. The number of aliphatic hydroxyl groups excluding tert-OH is 1. The van der Waals surface area contributed by atoms with Gasteiger partial charge in [0.05, 0.1) is 6.61 Å². The summed E-state index contributed by atoms with van der Waals surface area (Å²) in [5.41, 5.74) is 17.3. The molecule has 176 valence electrons. The van der Waals surface area contributed by atoms with Crippen LogP contribution >= 0.6 is 0 Å². The number of hydrogen-bond acceptors (Lipinski definition) is 8. The van der Waals surface area contributed by atoms with Gasteiger partial charge in [-0.15, -0.1) is 0 Å². The Morgan fingerprint density at radius 3 is 1.66 bits per heavy atom. The van der Waals surface area contributed by atoms with Crippen molar-refractivity contribution in [2.24, 2.45) is 22.1 Å². The van der Waals surface area contributed by atoms with Crippen molar-refractivity contribution in [1.82, 2.24) is 0 Å². The van der Waals surface area contributed by atoms with Gasteiger partial charge in [0.15, 0.2) is 18.9 Å². The second-order valence-corrected chi connectivity index (χ2v) is 9.45. The lowest BCUT2D eigenvalue weighted by molar-refractivity contribution is -0.318. The molecule has 7 unspecified atom stereocenters. The van der Waals surface area contributed by atoms with Gasteiger partial charge in [0.1, 0.15) is 24.4 Å². The van der Waals surface area contributed by atoms with Crippen LogP contribution in [0.1, 0.15) is 51.4 Å². The van der Waals surface area contributed by atoms with E-state index >= 15 is 0 Å². The number of azide groups is 2. The fourth-order valence-electron chi connectivity index (χ4n) is 5.83. The lowest BCUT2D eigenvalue weighted by Gasteiger charge is -2.43. The Morgan fingerprint density at radius 2 is 1.12 bits per heavy atom. The van der Waals surface area contributed by atoms with Gasteiger partial charge in [0.25, 0.3) is 0 Å². The van der Waals surface area contributed by atoms with Gasteiger partial charge < -0.3 is 28.8 Å². The highest BCUT2D eigenvalue weighted by atomic mass is 16.8. The molecule has 0 aromatic heterocycles. The summed E-state index contributed by atoms with van der Waals surface area (Å²) in [5, 5.41) is 17.6. The van der Waals surface area contributed by atoms with Crippen molar-refractivity contribution in [1.29, 1.82) is 0 Å². The summed E-state index contributed by atoms with van der Waals surface area (Å²) in [6.45, 7) is -0.165. The highest BCUT2D eigenvalue weighted by Gasteiger charge is 2.59. The van der Waals surface area contributed by atoms with E-state index in [2.05, 4.69) is 20.1 Å². The lowest BCUT2D eigenvalue weighted by Crippen LogP contribution is -2.55. The van der Waals surface area contributed by atoms with E-state index in [1.165, 1.54) is 0 Å². The zero-order valence-electron chi connectivity index (χ0n) is 17.9. The molecule has 2 saturated carbocycles. The minimum Gasteiger partial charge on any atom is -0.394 e. The summed E-state index contributed by atoms with van der Waals surface area (Å²) in [6, 6.07) is 0.0818. The number of aliphatic hydroxyl groups is 1. The van der Waals surface area contributed by atoms with Crippen molar-refractivity contribution < 1.29 is 28.8 Å². The molecular formula is C20H30N6O6. The summed E-state index contributed by atoms with van der Waals surface area (Å²) in [4.78, 5) is 5.84. The molecule has 1 N–H and O–H groups in total. The first-order valence-electron chi connectivity index (χ1n) is 11.7. The molecule has 5 fully saturated rings. The highest BCUT2D eigenvalue weighted by molar-refractivity contribution is 5.00. The molecule has 3 saturated heterocycles. The van der Waals surface area contributed by atoms with Gasteiger partial charge in [0, 0.05) is 33.7 Å². The normalized spacial score (nSPS) is 48.2. The van der Waals surface area contributed by atoms with Crippen LogP contribution in [0.15, 0.2) is 10.2 Å². The molecule has 5 rings (SSSR count). The highest BCUT2D eigenvalue weighted by Crippen LogP contribution is 2.45. The van der Waals surface area contributed by atoms with Crippen molar-refractivity contribution in [2.75, 3.05) is 6.61 Å². The molecule has 0 bridgehead atoms. The van der Waals surface area contributed by atoms with Gasteiger partial charge in [-0.25, -0.2) is 0 Å². The van der Waals surface area contributed by atoms with Crippen LogP contribution in [0.5, 0.6) is 0 Å². The Hall–Kier alpha value is -1.62. The number of hydrogen-bond donors (Lipinski definition) is 1. The molecule has 7 atom stereocenters. The molecule has 3 aliphatic heterocycles. The van der Waals surface area contributed by atoms with Gasteiger partial charge in [-0.2, -0.15) is 0 Å². The Kier molecular flexibility index (Phi) is 6.73. The maximum absolute atomic E-state index is 9.92. The van der Waals surface area contributed by atoms with Crippen LogP contribution in [0.3, 0.4) is 0 Å². The molecule has 12 nitrogen and oxygen atoms in total. The summed E-state index contributed by atoms with van der Waals surface area (Å²) in [7, 11) is 0. The largest absolute Gasteiger partial charge is 0.394 e. The van der Waals surface area contributed by atoms with Gasteiger partial charge >= 0.3 is 0 Å². The Bertz CT molecular complexity index is 760. The van der Waals surface area contributed by atoms with E-state index in [9.17, 15) is 5.11 Å². The van der Waals surface area contributed by atoms with Crippen molar-refractivity contribution in [3.8, 4) is 0 Å². The molecule has 0 aromatic carbocycles. The maximum atomic E-state index is 9.92. The summed E-state index contributed by atoms with van der Waals surface area (Å²) in [5.74, 6) is 0.399. The van der Waals surface area contributed by atoms with Gasteiger partial charge in [0.2, 0.25) is 0 Å². The molecule has 0 spiro atoms. The van der Waals surface area contributed by atoms with Crippen LogP contribution in [-0.4, -0.2) is 67.1 Å². The third-order valence-electron chi connectivity index (χ3n) is 7.60. The average molecular weight is 450 g/mol. The first kappa shape index (κ1) is 22.2. The summed E-state index contributed by atoms with van der Waals surface area (Å²) in [6.07, 6.45) is 3.69. The monoisotopic (exact) mass is 450 g/mol. The molecule has 32 heavy (non-hydrogen) atoms. The second-order valence-electron chi connectivity index (χ2n) is 9.45. The quantitative estimate of drug-likeness (QED) is 0.383. The molecular weight excluding hydrogens is 420 g/mol. The Balaban J connectivity index is 1.20. The van der Waals surface area contributed by atoms with E-state index in [1.54, 1.807) is 0 Å². The van der Waals surface area contributed by atoms with E-state index in [4.69, 9.17) is 34.7 Å². The van der Waals surface area contributed by atoms with E-state index in [0.717, 1.165) is 51.4 Å². The predicted octanol–water partition coefficient (Wildman–Crippen LogP) is 3.29. The zero-order chi connectivity index (χ0) is 22.1. The van der Waals surface area contributed by atoms with E-state index < -0.39 is 24.8 Å². The van der Waals surface area contributed by atoms with Crippen LogP contribution in [0.4, 0.5) is 0 Å². The topological polar surface area (TPSA) is 164 Å². The molecule has 12 heteroatoms. The van der Waals surface area contributed by atoms with Crippen molar-refractivity contribution in [2.45, 2.75) is 107 Å². The zero-order valence-corrected chi connectivity index (χ0v) is 17.9. The fraction of sp³-hybridized carbons (Fsp3) is 1.00. The Morgan fingerprint density at radius 1 is 0.625 bits per heavy atom. The van der Waals surface area contributed by atoms with E-state index in [-0.39, 0.29) is 49.0 Å². The molecule has 3 heterocycles. The number of fused-ring (bicyclic) bond motifs is 3. The van der Waals surface area contributed by atoms with Crippen LogP contribution in [0.25, 0.3) is 20.9 Å². The standard InChI is InChI=1S/C20H30N6O6/c21-25-23-12-5-1-10(2-6-12)18-28-14(9-27)15-16(30-18)17-20(29-15)32-19(31-17)11-3-7-13(8-4-11)24-26-22/h10-20,27H,1-9H2. The van der Waals surface area contributed by atoms with E-state index in [1.807, 2.05) is 0 Å². The third-order valence-corrected chi connectivity index (χ3v) is 7.60. The minimum atomic E-state index is -0.540. The summed E-state index contributed by atoms with van der Waals surface area (Å²) < 4.78 is 30.9. The van der Waals surface area contributed by atoms with Crippen LogP contribution in [0, 0.1) is 11.8 Å². The second kappa shape index (κ2) is 9.70. The van der Waals surface area contributed by atoms with Crippen molar-refractivity contribution >= 4 is 0 Å². The number of ether oxygens (including phenoxy) is 5. The maximum Gasteiger partial charge on any atom is 0.190 e. The predicted molar refractivity (Wildman–Crippen MR) is 109 cm³/mol. The number of nitrogens with zero attached hydrogens (tertiary/aromatic N) is 6. The first-order valence-corrected chi connectivity index (χ1v) is 11.7. The van der Waals surface area contributed by atoms with Crippen LogP contribution < -0.4 is 0 Å². The molecule has 0 amide bonds. The van der Waals surface area contributed by atoms with Crippen LogP contribution in [0.2, 0.25) is 0 Å². The van der Waals surface area contributed by atoms with Gasteiger partial charge in [-0.1, -0.05) is 10.2 Å². The van der Waals surface area contributed by atoms with Gasteiger partial charge in [-0.05, 0) is 62.4 Å². The minimum absolute atomic E-state index is 0.0293. The third kappa shape index (κ3) is 4.30. The molecule has 0 radical (unpaired) electrons. The van der Waals surface area contributed by atoms with Crippen molar-refractivity contribution in [3.63, 3.8) is 0 Å². The average Bonchev–Trinajstić information content (AvgIpc) is 3.38. The SMILES string of the molecule is [N-]=[N+]=NC1CCC(C2OC3OC4C(CO)OC(C5CCC(N=[N+]=[N-])CC5)OC4C3O2)CC1. The van der Waals surface area contributed by atoms with E-state index in [0.29, 0.717) is 0 Å². The first-order chi connectivity index (χ1) is 15.7. The number of rotatable bonds is 5. The van der Waals surface area contributed by atoms with Crippen LogP contribution in [-0.2, 0) is 23.7 Å². The molecule has 2 aliphatic carbocycles. The fourth-order valence-corrected chi connectivity index (χ4v) is 5.83. The Labute approximate surface area is 185 Å². The van der Waals surface area contributed by atoms with Crippen molar-refractivity contribution in [3.05, 3.63) is 20.9 Å². The lowest BCUT2D eigenvalue weighted by atomic mass is 9.85. The molecule has 5 aliphatic rings.